The van der Waals surface area contributed by atoms with Crippen molar-refractivity contribution in [1.82, 2.24) is 15.5 Å². The average Bonchev–Trinajstić information content (AvgIpc) is 2.93. The lowest BCUT2D eigenvalue weighted by molar-refractivity contribution is -0.00604. The highest BCUT2D eigenvalue weighted by molar-refractivity contribution is 5.82. The molecule has 5 nitrogen and oxygen atoms in total. The third-order valence-corrected chi connectivity index (χ3v) is 4.68. The van der Waals surface area contributed by atoms with Gasteiger partial charge in [-0.1, -0.05) is 0 Å². The second-order valence-electron chi connectivity index (χ2n) is 6.08. The second kappa shape index (κ2) is 5.66. The molecule has 2 aliphatic rings. The maximum atomic E-state index is 6.04. The third-order valence-electron chi connectivity index (χ3n) is 4.68. The Kier molecular flexibility index (Phi) is 3.53. The number of ether oxygens (including phenoxy) is 1. The fourth-order valence-corrected chi connectivity index (χ4v) is 3.14. The van der Waals surface area contributed by atoms with Gasteiger partial charge in [-0.2, -0.15) is 5.10 Å². The smallest absolute Gasteiger partial charge is 0.0686 e. The van der Waals surface area contributed by atoms with Crippen molar-refractivity contribution in [2.24, 2.45) is 0 Å². The van der Waals surface area contributed by atoms with Gasteiger partial charge in [0.25, 0.3) is 0 Å². The molecule has 2 N–H and O–H groups in total. The molecule has 4 rings (SSSR count). The summed E-state index contributed by atoms with van der Waals surface area (Å²) in [5, 5.41) is 11.8. The van der Waals surface area contributed by atoms with Crippen LogP contribution in [0.3, 0.4) is 0 Å². The summed E-state index contributed by atoms with van der Waals surface area (Å²) in [4.78, 5) is 2.47. The van der Waals surface area contributed by atoms with E-state index in [0.29, 0.717) is 12.1 Å². The van der Waals surface area contributed by atoms with E-state index < -0.39 is 0 Å². The van der Waals surface area contributed by atoms with Gasteiger partial charge < -0.3 is 15.0 Å². The van der Waals surface area contributed by atoms with Gasteiger partial charge in [-0.05, 0) is 37.5 Å². The van der Waals surface area contributed by atoms with Gasteiger partial charge in [0.1, 0.15) is 0 Å². The van der Waals surface area contributed by atoms with Crippen LogP contribution in [-0.2, 0) is 4.74 Å². The lowest BCUT2D eigenvalue weighted by Gasteiger charge is -2.39. The molecule has 2 heterocycles. The van der Waals surface area contributed by atoms with Crippen LogP contribution in [0, 0.1) is 0 Å². The Hall–Kier alpha value is -1.59. The van der Waals surface area contributed by atoms with Crippen molar-refractivity contribution in [3.63, 3.8) is 0 Å². The summed E-state index contributed by atoms with van der Waals surface area (Å²) in [5.41, 5.74) is 2.36. The van der Waals surface area contributed by atoms with Gasteiger partial charge in [0, 0.05) is 30.7 Å². The molecule has 1 saturated carbocycles. The average molecular weight is 286 g/mol. The van der Waals surface area contributed by atoms with Crippen LogP contribution in [0.15, 0.2) is 24.4 Å². The first-order chi connectivity index (χ1) is 10.4. The van der Waals surface area contributed by atoms with Crippen molar-refractivity contribution in [1.29, 1.82) is 0 Å². The molecule has 0 spiro atoms. The number of nitrogens with zero attached hydrogens (tertiary/aromatic N) is 2. The molecule has 2 aromatic rings. The SMILES string of the molecule is c1cc2[nH]ncc2cc1N1CCNCC1COC1CCC1. The molecule has 1 atom stereocenters. The number of H-pyrrole nitrogens is 1. The number of fused-ring (bicyclic) bond motifs is 1. The van der Waals surface area contributed by atoms with E-state index in [0.717, 1.165) is 31.8 Å². The number of anilines is 1. The number of aromatic nitrogens is 2. The number of aromatic amines is 1. The van der Waals surface area contributed by atoms with Crippen LogP contribution in [0.1, 0.15) is 19.3 Å². The summed E-state index contributed by atoms with van der Waals surface area (Å²) in [6.45, 7) is 3.88. The van der Waals surface area contributed by atoms with E-state index in [1.165, 1.54) is 30.3 Å². The van der Waals surface area contributed by atoms with Gasteiger partial charge in [-0.3, -0.25) is 5.10 Å². The monoisotopic (exact) mass is 286 g/mol. The molecule has 0 amide bonds. The van der Waals surface area contributed by atoms with E-state index in [1.807, 2.05) is 6.20 Å². The van der Waals surface area contributed by atoms with Gasteiger partial charge >= 0.3 is 0 Å². The molecule has 0 radical (unpaired) electrons. The van der Waals surface area contributed by atoms with Crippen LogP contribution >= 0.6 is 0 Å². The molecule has 0 bridgehead atoms. The molecular weight excluding hydrogens is 264 g/mol. The number of hydrogen-bond donors (Lipinski definition) is 2. The molecule has 1 aliphatic carbocycles. The fraction of sp³-hybridized carbons (Fsp3) is 0.562. The van der Waals surface area contributed by atoms with Gasteiger partial charge in [-0.25, -0.2) is 0 Å². The molecule has 1 aromatic carbocycles. The normalized spacial score (nSPS) is 23.4. The van der Waals surface area contributed by atoms with Crippen molar-refractivity contribution in [2.45, 2.75) is 31.4 Å². The summed E-state index contributed by atoms with van der Waals surface area (Å²) in [6, 6.07) is 6.94. The maximum Gasteiger partial charge on any atom is 0.0686 e. The highest BCUT2D eigenvalue weighted by Crippen LogP contribution is 2.25. The fourth-order valence-electron chi connectivity index (χ4n) is 3.14. The zero-order valence-electron chi connectivity index (χ0n) is 12.2. The van der Waals surface area contributed by atoms with Crippen LogP contribution in [0.5, 0.6) is 0 Å². The lowest BCUT2D eigenvalue weighted by atomic mass is 9.96. The third kappa shape index (κ3) is 2.63. The number of nitrogens with one attached hydrogen (secondary N) is 2. The predicted molar refractivity (Wildman–Crippen MR) is 83.7 cm³/mol. The van der Waals surface area contributed by atoms with Gasteiger partial charge in [0.05, 0.1) is 30.5 Å². The van der Waals surface area contributed by atoms with E-state index >= 15 is 0 Å². The number of hydrogen-bond acceptors (Lipinski definition) is 4. The van der Waals surface area contributed by atoms with E-state index in [2.05, 4.69) is 38.6 Å². The maximum absolute atomic E-state index is 6.04. The molecule has 1 aliphatic heterocycles. The zero-order chi connectivity index (χ0) is 14.1. The molecule has 5 heteroatoms. The highest BCUT2D eigenvalue weighted by Gasteiger charge is 2.26. The minimum absolute atomic E-state index is 0.420. The summed E-state index contributed by atoms with van der Waals surface area (Å²) >= 11 is 0. The molecule has 1 saturated heterocycles. The first-order valence-electron chi connectivity index (χ1n) is 7.92. The second-order valence-corrected chi connectivity index (χ2v) is 6.08. The quantitative estimate of drug-likeness (QED) is 0.901. The Morgan fingerprint density at radius 3 is 3.14 bits per heavy atom. The van der Waals surface area contributed by atoms with Crippen LogP contribution < -0.4 is 10.2 Å². The summed E-state index contributed by atoms with van der Waals surface area (Å²) in [5.74, 6) is 0. The van der Waals surface area contributed by atoms with Crippen LogP contribution in [0.2, 0.25) is 0 Å². The minimum atomic E-state index is 0.420. The topological polar surface area (TPSA) is 53.2 Å². The zero-order valence-corrected chi connectivity index (χ0v) is 12.2. The summed E-state index contributed by atoms with van der Waals surface area (Å²) in [6.07, 6.45) is 6.20. The van der Waals surface area contributed by atoms with Crippen molar-refractivity contribution in [3.05, 3.63) is 24.4 Å². The van der Waals surface area contributed by atoms with E-state index in [9.17, 15) is 0 Å². The summed E-state index contributed by atoms with van der Waals surface area (Å²) < 4.78 is 6.04. The Balaban J connectivity index is 1.51. The van der Waals surface area contributed by atoms with Crippen molar-refractivity contribution < 1.29 is 4.74 Å². The Morgan fingerprint density at radius 1 is 1.33 bits per heavy atom. The van der Waals surface area contributed by atoms with Gasteiger partial charge in [-0.15, -0.1) is 0 Å². The first kappa shape index (κ1) is 13.1. The molecule has 2 fully saturated rings. The van der Waals surface area contributed by atoms with E-state index in [-0.39, 0.29) is 0 Å². The van der Waals surface area contributed by atoms with Gasteiger partial charge in [0.15, 0.2) is 0 Å². The predicted octanol–water partition coefficient (Wildman–Crippen LogP) is 1.91. The Labute approximate surface area is 124 Å². The molecule has 1 unspecified atom stereocenters. The van der Waals surface area contributed by atoms with Gasteiger partial charge in [0.2, 0.25) is 0 Å². The molecule has 1 aromatic heterocycles. The van der Waals surface area contributed by atoms with Crippen LogP contribution in [0.4, 0.5) is 5.69 Å². The van der Waals surface area contributed by atoms with Crippen molar-refractivity contribution in [2.75, 3.05) is 31.1 Å². The van der Waals surface area contributed by atoms with Crippen LogP contribution in [-0.4, -0.2) is 48.6 Å². The molecular formula is C16H22N4O. The van der Waals surface area contributed by atoms with Crippen LogP contribution in [0.25, 0.3) is 10.9 Å². The Morgan fingerprint density at radius 2 is 2.29 bits per heavy atom. The van der Waals surface area contributed by atoms with E-state index in [4.69, 9.17) is 4.74 Å². The van der Waals surface area contributed by atoms with E-state index in [1.54, 1.807) is 0 Å². The van der Waals surface area contributed by atoms with Crippen molar-refractivity contribution >= 4 is 16.6 Å². The Bertz CT molecular complexity index is 607. The highest BCUT2D eigenvalue weighted by atomic mass is 16.5. The lowest BCUT2D eigenvalue weighted by Crippen LogP contribution is -2.54. The molecule has 112 valence electrons. The first-order valence-corrected chi connectivity index (χ1v) is 7.92. The number of benzene rings is 1. The molecule has 21 heavy (non-hydrogen) atoms. The number of piperazine rings is 1. The summed E-state index contributed by atoms with van der Waals surface area (Å²) in [7, 11) is 0. The number of rotatable bonds is 4. The standard InChI is InChI=1S/C16H22N4O/c1-2-15(3-1)21-11-14-10-17-6-7-20(14)13-4-5-16-12(8-13)9-18-19-16/h4-5,8-9,14-15,17H,1-3,6-7,10-11H2,(H,18,19). The minimum Gasteiger partial charge on any atom is -0.376 e. The largest absolute Gasteiger partial charge is 0.376 e. The van der Waals surface area contributed by atoms with Crippen molar-refractivity contribution in [3.8, 4) is 0 Å².